The summed E-state index contributed by atoms with van der Waals surface area (Å²) >= 11 is 0. The Morgan fingerprint density at radius 2 is 1.20 bits per heavy atom. The lowest BCUT2D eigenvalue weighted by molar-refractivity contribution is 0.380. The number of hydrogen-bond donors (Lipinski definition) is 4. The predicted octanol–water partition coefficient (Wildman–Crippen LogP) is -0.816. The standard InChI is InChI=1S/C4H4N2.H2O4S.H3O3P/c1-2-4-6-5-3-1;1-5(2,3)4;1-4(2)3/h1-4H;(H2,1,2,3,4);4H,(H2,1,2,3). The minimum absolute atomic E-state index is 1.64. The zero-order chi connectivity index (χ0) is 12.3. The van der Waals surface area contributed by atoms with Gasteiger partial charge in [0.05, 0.1) is 0 Å². The Labute approximate surface area is 85.9 Å². The van der Waals surface area contributed by atoms with Crippen molar-refractivity contribution in [3.63, 3.8) is 0 Å². The van der Waals surface area contributed by atoms with E-state index < -0.39 is 18.7 Å². The molecule has 1 aromatic rings. The SMILES string of the molecule is O=S(=O)(O)O.O=[PH](O)O.c1ccnnc1. The molecule has 15 heavy (non-hydrogen) atoms. The van der Waals surface area contributed by atoms with Crippen LogP contribution >= 0.6 is 8.25 Å². The molecular weight excluding hydrogens is 251 g/mol. The first-order valence-electron chi connectivity index (χ1n) is 3.07. The summed E-state index contributed by atoms with van der Waals surface area (Å²) in [7, 11) is -7.80. The van der Waals surface area contributed by atoms with E-state index in [2.05, 4.69) is 10.2 Å². The molecule has 0 saturated carbocycles. The van der Waals surface area contributed by atoms with Crippen molar-refractivity contribution in [1.29, 1.82) is 0 Å². The summed E-state index contributed by atoms with van der Waals surface area (Å²) in [5.74, 6) is 0. The molecule has 0 aliphatic heterocycles. The average Bonchev–Trinajstić information content (AvgIpc) is 2.03. The molecule has 0 bridgehead atoms. The van der Waals surface area contributed by atoms with E-state index in [1.807, 2.05) is 12.1 Å². The Bertz CT molecular complexity index is 316. The Balaban J connectivity index is 0. The van der Waals surface area contributed by atoms with E-state index in [-0.39, 0.29) is 0 Å². The van der Waals surface area contributed by atoms with E-state index in [1.165, 1.54) is 0 Å². The fraction of sp³-hybridized carbons (Fsp3) is 0. The maximum Gasteiger partial charge on any atom is 0.394 e. The van der Waals surface area contributed by atoms with Crippen LogP contribution in [0.25, 0.3) is 0 Å². The lowest BCUT2D eigenvalue weighted by Gasteiger charge is -1.69. The van der Waals surface area contributed by atoms with Gasteiger partial charge in [-0.05, 0) is 12.1 Å². The van der Waals surface area contributed by atoms with Gasteiger partial charge in [-0.2, -0.15) is 18.6 Å². The van der Waals surface area contributed by atoms with Crippen molar-refractivity contribution in [2.45, 2.75) is 0 Å². The Kier molecular flexibility index (Phi) is 10.6. The minimum atomic E-state index is -4.67. The number of aromatic nitrogens is 2. The van der Waals surface area contributed by atoms with E-state index in [0.717, 1.165) is 0 Å². The summed E-state index contributed by atoms with van der Waals surface area (Å²) in [6.45, 7) is 0. The molecular formula is C4H9N2O7PS. The maximum atomic E-state index is 8.74. The second-order valence-electron chi connectivity index (χ2n) is 1.64. The summed E-state index contributed by atoms with van der Waals surface area (Å²) in [5, 5.41) is 7.07. The van der Waals surface area contributed by atoms with Gasteiger partial charge in [-0.25, -0.2) is 0 Å². The molecule has 0 atom stereocenters. The van der Waals surface area contributed by atoms with Gasteiger partial charge in [-0.3, -0.25) is 13.7 Å². The molecule has 0 radical (unpaired) electrons. The normalized spacial score (nSPS) is 9.40. The van der Waals surface area contributed by atoms with E-state index in [4.69, 9.17) is 31.9 Å². The van der Waals surface area contributed by atoms with Gasteiger partial charge in [-0.15, -0.1) is 0 Å². The summed E-state index contributed by atoms with van der Waals surface area (Å²) in [6.07, 6.45) is 3.28. The summed E-state index contributed by atoms with van der Waals surface area (Å²) in [5.41, 5.74) is 0. The van der Waals surface area contributed by atoms with Crippen LogP contribution < -0.4 is 0 Å². The zero-order valence-electron chi connectivity index (χ0n) is 7.13. The third kappa shape index (κ3) is 62.1. The molecule has 0 amide bonds. The van der Waals surface area contributed by atoms with Gasteiger partial charge in [0.25, 0.3) is 0 Å². The highest BCUT2D eigenvalue weighted by Crippen LogP contribution is 1.98. The van der Waals surface area contributed by atoms with E-state index in [1.54, 1.807) is 12.4 Å². The van der Waals surface area contributed by atoms with Gasteiger partial charge in [0.1, 0.15) is 0 Å². The largest absolute Gasteiger partial charge is 0.394 e. The van der Waals surface area contributed by atoms with Crippen molar-refractivity contribution in [1.82, 2.24) is 10.2 Å². The fourth-order valence-electron chi connectivity index (χ4n) is 0.253. The topological polar surface area (TPSA) is 158 Å². The molecule has 1 aromatic heterocycles. The molecule has 4 N–H and O–H groups in total. The zero-order valence-corrected chi connectivity index (χ0v) is 8.94. The van der Waals surface area contributed by atoms with Gasteiger partial charge in [0, 0.05) is 12.4 Å². The second-order valence-corrected chi connectivity index (χ2v) is 3.11. The van der Waals surface area contributed by atoms with Gasteiger partial charge < -0.3 is 9.79 Å². The lowest BCUT2D eigenvalue weighted by Crippen LogP contribution is -1.89. The van der Waals surface area contributed by atoms with E-state index >= 15 is 0 Å². The number of nitrogens with zero attached hydrogens (tertiary/aromatic N) is 2. The summed E-state index contributed by atoms with van der Waals surface area (Å²) in [4.78, 5) is 14.3. The first-order chi connectivity index (χ1) is 6.73. The van der Waals surface area contributed by atoms with Crippen molar-refractivity contribution in [2.75, 3.05) is 0 Å². The second kappa shape index (κ2) is 9.65. The van der Waals surface area contributed by atoms with Crippen LogP contribution in [0.3, 0.4) is 0 Å². The smallest absolute Gasteiger partial charge is 0.326 e. The van der Waals surface area contributed by atoms with Gasteiger partial charge >= 0.3 is 18.7 Å². The van der Waals surface area contributed by atoms with Crippen LogP contribution in [0.1, 0.15) is 0 Å². The Morgan fingerprint density at radius 3 is 1.27 bits per heavy atom. The Hall–Kier alpha value is -0.900. The third-order valence-electron chi connectivity index (χ3n) is 0.483. The monoisotopic (exact) mass is 260 g/mol. The van der Waals surface area contributed by atoms with Crippen LogP contribution in [0, 0.1) is 0 Å². The van der Waals surface area contributed by atoms with Crippen molar-refractivity contribution in [3.05, 3.63) is 24.5 Å². The number of hydrogen-bond acceptors (Lipinski definition) is 5. The van der Waals surface area contributed by atoms with Gasteiger partial charge in [0.15, 0.2) is 0 Å². The van der Waals surface area contributed by atoms with Crippen LogP contribution in [-0.2, 0) is 15.0 Å². The average molecular weight is 260 g/mol. The minimum Gasteiger partial charge on any atom is -0.326 e. The van der Waals surface area contributed by atoms with Gasteiger partial charge in [-0.1, -0.05) is 0 Å². The van der Waals surface area contributed by atoms with Crippen LogP contribution in [-0.4, -0.2) is 37.5 Å². The molecule has 11 heteroatoms. The van der Waals surface area contributed by atoms with E-state index in [9.17, 15) is 0 Å². The molecule has 0 aromatic carbocycles. The lowest BCUT2D eigenvalue weighted by atomic mass is 10.6. The molecule has 0 saturated heterocycles. The van der Waals surface area contributed by atoms with Crippen LogP contribution in [0.4, 0.5) is 0 Å². The molecule has 0 aliphatic carbocycles. The summed E-state index contributed by atoms with van der Waals surface area (Å²) < 4.78 is 40.3. The highest BCUT2D eigenvalue weighted by atomic mass is 32.3. The van der Waals surface area contributed by atoms with Crippen LogP contribution in [0.15, 0.2) is 24.5 Å². The predicted molar refractivity (Wildman–Crippen MR) is 49.6 cm³/mol. The molecule has 0 spiro atoms. The molecule has 0 fully saturated rings. The highest BCUT2D eigenvalue weighted by Gasteiger charge is 1.84. The highest BCUT2D eigenvalue weighted by molar-refractivity contribution is 7.79. The van der Waals surface area contributed by atoms with Crippen molar-refractivity contribution < 1.29 is 31.9 Å². The van der Waals surface area contributed by atoms with Crippen LogP contribution in [0.2, 0.25) is 0 Å². The maximum absolute atomic E-state index is 8.74. The van der Waals surface area contributed by atoms with Gasteiger partial charge in [0.2, 0.25) is 0 Å². The quantitative estimate of drug-likeness (QED) is 0.345. The summed E-state index contributed by atoms with van der Waals surface area (Å²) in [6, 6.07) is 3.65. The first kappa shape index (κ1) is 16.5. The number of rotatable bonds is 0. The fourth-order valence-corrected chi connectivity index (χ4v) is 0.253. The molecule has 0 aliphatic rings. The first-order valence-corrected chi connectivity index (χ1v) is 5.77. The molecule has 88 valence electrons. The Morgan fingerprint density at radius 1 is 1.00 bits per heavy atom. The molecule has 0 unspecified atom stereocenters. The molecule has 1 rings (SSSR count). The third-order valence-corrected chi connectivity index (χ3v) is 0.483. The van der Waals surface area contributed by atoms with Crippen molar-refractivity contribution >= 4 is 18.7 Å². The molecule has 9 nitrogen and oxygen atoms in total. The molecule has 1 heterocycles. The van der Waals surface area contributed by atoms with E-state index in [0.29, 0.717) is 0 Å². The van der Waals surface area contributed by atoms with Crippen molar-refractivity contribution in [2.24, 2.45) is 0 Å². The van der Waals surface area contributed by atoms with Crippen LogP contribution in [0.5, 0.6) is 0 Å². The van der Waals surface area contributed by atoms with Crippen molar-refractivity contribution in [3.8, 4) is 0 Å².